The second-order valence-corrected chi connectivity index (χ2v) is 7.42. The summed E-state index contributed by atoms with van der Waals surface area (Å²) in [4.78, 5) is 33.0. The third-order valence-electron chi connectivity index (χ3n) is 4.58. The van der Waals surface area contributed by atoms with Gasteiger partial charge in [0.05, 0.1) is 37.0 Å². The Morgan fingerprint density at radius 1 is 1.14 bits per heavy atom. The van der Waals surface area contributed by atoms with Crippen LogP contribution in [0.2, 0.25) is 0 Å². The molecule has 1 fully saturated rings. The number of rotatable bonds is 5. The average Bonchev–Trinajstić information content (AvgIpc) is 3.16. The Labute approximate surface area is 168 Å². The Kier molecular flexibility index (Phi) is 6.35. The third kappa shape index (κ3) is 4.53. The van der Waals surface area contributed by atoms with Crippen molar-refractivity contribution in [3.8, 4) is 11.5 Å². The molecule has 9 heteroatoms. The van der Waals surface area contributed by atoms with Crippen LogP contribution >= 0.6 is 11.3 Å². The van der Waals surface area contributed by atoms with Crippen LogP contribution in [0.25, 0.3) is 0 Å². The number of aromatic nitrogens is 1. The summed E-state index contributed by atoms with van der Waals surface area (Å²) in [7, 11) is 3.09. The first-order valence-corrected chi connectivity index (χ1v) is 9.85. The van der Waals surface area contributed by atoms with E-state index in [1.165, 1.54) is 7.11 Å². The van der Waals surface area contributed by atoms with Gasteiger partial charge in [-0.25, -0.2) is 9.78 Å². The first kappa shape index (κ1) is 19.9. The van der Waals surface area contributed by atoms with Crippen molar-refractivity contribution in [3.63, 3.8) is 0 Å². The van der Waals surface area contributed by atoms with Gasteiger partial charge in [0, 0.05) is 37.6 Å². The van der Waals surface area contributed by atoms with Gasteiger partial charge in [0.1, 0.15) is 11.5 Å². The van der Waals surface area contributed by atoms with Crippen LogP contribution in [0.1, 0.15) is 21.1 Å². The molecule has 0 bridgehead atoms. The highest BCUT2D eigenvalue weighted by Crippen LogP contribution is 2.26. The second-order valence-electron chi connectivity index (χ2n) is 6.36. The summed E-state index contributed by atoms with van der Waals surface area (Å²) in [5, 5.41) is 5.80. The van der Waals surface area contributed by atoms with Gasteiger partial charge in [-0.05, 0) is 19.1 Å². The molecule has 0 aliphatic carbocycles. The average molecular weight is 404 g/mol. The fraction of sp³-hybridized carbons (Fsp3) is 0.421. The topological polar surface area (TPSA) is 84.0 Å². The highest BCUT2D eigenvalue weighted by atomic mass is 32.1. The largest absolute Gasteiger partial charge is 0.497 e. The van der Waals surface area contributed by atoms with Crippen LogP contribution in [0.3, 0.4) is 0 Å². The summed E-state index contributed by atoms with van der Waals surface area (Å²) in [5.41, 5.74) is 1.34. The van der Waals surface area contributed by atoms with E-state index < -0.39 is 0 Å². The first-order chi connectivity index (χ1) is 13.5. The number of methoxy groups -OCH3 is 2. The molecule has 150 valence electrons. The maximum Gasteiger partial charge on any atom is 0.317 e. The molecular weight excluding hydrogens is 380 g/mol. The van der Waals surface area contributed by atoms with Crippen molar-refractivity contribution < 1.29 is 19.1 Å². The summed E-state index contributed by atoms with van der Waals surface area (Å²) >= 11 is 1.56. The van der Waals surface area contributed by atoms with Crippen LogP contribution < -0.4 is 14.8 Å². The fourth-order valence-electron chi connectivity index (χ4n) is 3.03. The Morgan fingerprint density at radius 3 is 2.46 bits per heavy atom. The van der Waals surface area contributed by atoms with E-state index in [2.05, 4.69) is 10.3 Å². The lowest BCUT2D eigenvalue weighted by molar-refractivity contribution is 0.0661. The molecular formula is C19H24N4O4S. The number of nitrogens with zero attached hydrogens (tertiary/aromatic N) is 3. The van der Waals surface area contributed by atoms with Crippen LogP contribution in [0.5, 0.6) is 11.5 Å². The highest BCUT2D eigenvalue weighted by Gasteiger charge is 2.26. The summed E-state index contributed by atoms with van der Waals surface area (Å²) < 4.78 is 10.5. The van der Waals surface area contributed by atoms with Crippen LogP contribution in [0.4, 0.5) is 4.79 Å². The minimum atomic E-state index is -0.139. The summed E-state index contributed by atoms with van der Waals surface area (Å²) in [6, 6.07) is 4.99. The summed E-state index contributed by atoms with van der Waals surface area (Å²) in [6.07, 6.45) is 0. The van der Waals surface area contributed by atoms with Gasteiger partial charge in [-0.1, -0.05) is 0 Å². The zero-order valence-electron chi connectivity index (χ0n) is 16.2. The number of benzene rings is 1. The van der Waals surface area contributed by atoms with Crippen molar-refractivity contribution in [3.05, 3.63) is 39.8 Å². The number of carbonyl (C=O) groups excluding carboxylic acids is 2. The highest BCUT2D eigenvalue weighted by molar-refractivity contribution is 7.09. The normalized spacial score (nSPS) is 14.0. The van der Waals surface area contributed by atoms with Gasteiger partial charge >= 0.3 is 6.03 Å². The van der Waals surface area contributed by atoms with E-state index in [4.69, 9.17) is 9.47 Å². The van der Waals surface area contributed by atoms with Gasteiger partial charge < -0.3 is 24.6 Å². The minimum absolute atomic E-state index is 0.113. The molecule has 28 heavy (non-hydrogen) atoms. The predicted molar refractivity (Wildman–Crippen MR) is 106 cm³/mol. The third-order valence-corrected chi connectivity index (χ3v) is 5.40. The Hall–Kier alpha value is -2.81. The van der Waals surface area contributed by atoms with Gasteiger partial charge in [0.2, 0.25) is 0 Å². The van der Waals surface area contributed by atoms with Gasteiger partial charge in [-0.2, -0.15) is 0 Å². The van der Waals surface area contributed by atoms with Crippen molar-refractivity contribution in [2.75, 3.05) is 40.4 Å². The zero-order chi connectivity index (χ0) is 20.1. The lowest BCUT2D eigenvalue weighted by Gasteiger charge is -2.35. The number of amides is 3. The number of piperazine rings is 1. The number of nitrogens with one attached hydrogen (secondary N) is 1. The summed E-state index contributed by atoms with van der Waals surface area (Å²) in [5.74, 6) is 0.991. The molecule has 1 aromatic heterocycles. The van der Waals surface area contributed by atoms with E-state index in [9.17, 15) is 9.59 Å². The number of urea groups is 1. The Morgan fingerprint density at radius 2 is 1.86 bits per heavy atom. The van der Waals surface area contributed by atoms with Crippen molar-refractivity contribution >= 4 is 23.3 Å². The number of aryl methyl sites for hydroxylation is 1. The molecule has 1 aliphatic rings. The number of hydrogen-bond acceptors (Lipinski definition) is 6. The minimum Gasteiger partial charge on any atom is -0.497 e. The quantitative estimate of drug-likeness (QED) is 0.825. The smallest absolute Gasteiger partial charge is 0.317 e. The van der Waals surface area contributed by atoms with Crippen molar-refractivity contribution in [2.45, 2.75) is 13.5 Å². The van der Waals surface area contributed by atoms with E-state index in [1.54, 1.807) is 46.4 Å². The van der Waals surface area contributed by atoms with Crippen molar-refractivity contribution in [1.29, 1.82) is 0 Å². The van der Waals surface area contributed by atoms with Gasteiger partial charge in [0.15, 0.2) is 0 Å². The molecule has 3 rings (SSSR count). The molecule has 1 N–H and O–H groups in total. The fourth-order valence-corrected chi connectivity index (χ4v) is 3.64. The van der Waals surface area contributed by atoms with Crippen LogP contribution in [-0.4, -0.2) is 67.1 Å². The first-order valence-electron chi connectivity index (χ1n) is 8.97. The van der Waals surface area contributed by atoms with Gasteiger partial charge in [-0.3, -0.25) is 4.79 Å². The zero-order valence-corrected chi connectivity index (χ0v) is 17.0. The number of carbonyl (C=O) groups is 2. The maximum atomic E-state index is 12.8. The second kappa shape index (κ2) is 8.92. The van der Waals surface area contributed by atoms with Crippen molar-refractivity contribution in [2.24, 2.45) is 0 Å². The van der Waals surface area contributed by atoms with Gasteiger partial charge in [-0.15, -0.1) is 11.3 Å². The molecule has 0 radical (unpaired) electrons. The lowest BCUT2D eigenvalue weighted by Crippen LogP contribution is -2.53. The number of ether oxygens (including phenoxy) is 2. The lowest BCUT2D eigenvalue weighted by atomic mass is 10.1. The molecule has 0 unspecified atom stereocenters. The number of thiazole rings is 1. The molecule has 1 aliphatic heterocycles. The molecule has 0 saturated carbocycles. The monoisotopic (exact) mass is 404 g/mol. The summed E-state index contributed by atoms with van der Waals surface area (Å²) in [6.45, 7) is 4.24. The van der Waals surface area contributed by atoms with Crippen molar-refractivity contribution in [1.82, 2.24) is 20.1 Å². The molecule has 8 nitrogen and oxygen atoms in total. The molecule has 0 spiro atoms. The van der Waals surface area contributed by atoms with Crippen LogP contribution in [-0.2, 0) is 6.54 Å². The molecule has 2 aromatic rings. The molecule has 2 heterocycles. The van der Waals surface area contributed by atoms with E-state index in [0.717, 1.165) is 10.7 Å². The van der Waals surface area contributed by atoms with Gasteiger partial charge in [0.25, 0.3) is 5.91 Å². The maximum absolute atomic E-state index is 12.8. The van der Waals surface area contributed by atoms with E-state index in [0.29, 0.717) is 49.8 Å². The van der Waals surface area contributed by atoms with E-state index >= 15 is 0 Å². The van der Waals surface area contributed by atoms with E-state index in [1.807, 2.05) is 12.3 Å². The molecule has 0 atom stereocenters. The number of hydrogen-bond donors (Lipinski definition) is 1. The SMILES string of the molecule is COc1ccc(C(=O)N2CCN(C(=O)NCc3csc(C)n3)CC2)c(OC)c1. The van der Waals surface area contributed by atoms with Crippen LogP contribution in [0, 0.1) is 6.92 Å². The predicted octanol–water partition coefficient (Wildman–Crippen LogP) is 2.14. The Balaban J connectivity index is 1.54. The Bertz CT molecular complexity index is 846. The van der Waals surface area contributed by atoms with Crippen LogP contribution in [0.15, 0.2) is 23.6 Å². The molecule has 1 saturated heterocycles. The molecule has 3 amide bonds. The molecule has 1 aromatic carbocycles. The van der Waals surface area contributed by atoms with E-state index in [-0.39, 0.29) is 11.9 Å². The standard InChI is InChI=1S/C19H24N4O4S/c1-13-21-14(12-28-13)11-20-19(25)23-8-6-22(7-9-23)18(24)16-5-4-15(26-2)10-17(16)27-3/h4-5,10,12H,6-9,11H2,1-3H3,(H,20,25).